The van der Waals surface area contributed by atoms with Gasteiger partial charge < -0.3 is 9.79 Å². The molecule has 0 aliphatic carbocycles. The van der Waals surface area contributed by atoms with E-state index in [9.17, 15) is 9.79 Å². The molecule has 0 aliphatic rings. The lowest BCUT2D eigenvalue weighted by Crippen LogP contribution is -2.09. The van der Waals surface area contributed by atoms with E-state index in [1.165, 1.54) is 0 Å². The summed E-state index contributed by atoms with van der Waals surface area (Å²) >= 11 is 1.70. The zero-order chi connectivity index (χ0) is 16.7. The van der Waals surface area contributed by atoms with Crippen LogP contribution >= 0.6 is 20.1 Å². The SMILES string of the molecule is CSC(C)CC(=NC(c1ccccc1)c1ccccc1)P(O)O. The number of aliphatic imine (C=N–C) groups is 1. The average Bonchev–Trinajstić information content (AvgIpc) is 2.59. The van der Waals surface area contributed by atoms with Crippen molar-refractivity contribution in [2.75, 3.05) is 6.26 Å². The van der Waals surface area contributed by atoms with Crippen molar-refractivity contribution in [3.05, 3.63) is 71.8 Å². The molecule has 0 aromatic heterocycles. The molecule has 1 atom stereocenters. The molecule has 0 radical (unpaired) electrons. The van der Waals surface area contributed by atoms with E-state index in [0.717, 1.165) is 11.1 Å². The van der Waals surface area contributed by atoms with Crippen LogP contribution in [0.3, 0.4) is 0 Å². The van der Waals surface area contributed by atoms with Crippen molar-refractivity contribution in [1.82, 2.24) is 0 Å². The molecule has 5 heteroatoms. The molecule has 2 N–H and O–H groups in total. The van der Waals surface area contributed by atoms with Gasteiger partial charge in [0.2, 0.25) is 8.38 Å². The lowest BCUT2D eigenvalue weighted by Gasteiger charge is -2.18. The molecular weight excluding hydrogens is 325 g/mol. The van der Waals surface area contributed by atoms with Crippen LogP contribution in [0, 0.1) is 0 Å². The highest BCUT2D eigenvalue weighted by atomic mass is 32.2. The number of thioether (sulfide) groups is 1. The van der Waals surface area contributed by atoms with Crippen molar-refractivity contribution < 1.29 is 9.79 Å². The summed E-state index contributed by atoms with van der Waals surface area (Å²) in [5.41, 5.74) is 2.58. The molecule has 122 valence electrons. The highest BCUT2D eigenvalue weighted by Crippen LogP contribution is 2.35. The second-order valence-corrected chi connectivity index (χ2v) is 7.68. The fourth-order valence-electron chi connectivity index (χ4n) is 2.29. The standard InChI is InChI=1S/C18H22NO2PS/c1-14(23-2)13-17(22(20)21)19-18(15-9-5-3-6-10-15)16-11-7-4-8-12-16/h3-12,14,18,20-21H,13H2,1-2H3. The highest BCUT2D eigenvalue weighted by Gasteiger charge is 2.19. The molecule has 0 heterocycles. The molecule has 3 nitrogen and oxygen atoms in total. The number of rotatable bonds is 7. The molecule has 23 heavy (non-hydrogen) atoms. The monoisotopic (exact) mass is 347 g/mol. The lowest BCUT2D eigenvalue weighted by atomic mass is 9.99. The minimum Gasteiger partial charge on any atom is -0.346 e. The maximum atomic E-state index is 9.78. The van der Waals surface area contributed by atoms with Crippen LogP contribution in [0.15, 0.2) is 65.7 Å². The predicted octanol–water partition coefficient (Wildman–Crippen LogP) is 4.61. The Hall–Kier alpha value is -1.19. The van der Waals surface area contributed by atoms with Gasteiger partial charge in [0.1, 0.15) is 6.04 Å². The molecule has 0 saturated heterocycles. The van der Waals surface area contributed by atoms with Crippen molar-refractivity contribution in [2.24, 2.45) is 4.99 Å². The van der Waals surface area contributed by atoms with E-state index in [0.29, 0.717) is 17.1 Å². The van der Waals surface area contributed by atoms with E-state index in [2.05, 4.69) is 6.92 Å². The normalized spacial score (nSPS) is 13.6. The second-order valence-electron chi connectivity index (χ2n) is 5.31. The third-order valence-electron chi connectivity index (χ3n) is 3.61. The van der Waals surface area contributed by atoms with Crippen LogP contribution in [-0.4, -0.2) is 26.7 Å². The average molecular weight is 347 g/mol. The number of hydrogen-bond acceptors (Lipinski definition) is 4. The second kappa shape index (κ2) is 9.19. The van der Waals surface area contributed by atoms with Gasteiger partial charge in [-0.1, -0.05) is 67.6 Å². The molecule has 0 amide bonds. The first kappa shape index (κ1) is 18.2. The van der Waals surface area contributed by atoms with Gasteiger partial charge in [-0.25, -0.2) is 0 Å². The summed E-state index contributed by atoms with van der Waals surface area (Å²) in [7, 11) is -2.18. The smallest absolute Gasteiger partial charge is 0.214 e. The fourth-order valence-corrected chi connectivity index (χ4v) is 3.39. The van der Waals surface area contributed by atoms with Crippen molar-refractivity contribution in [3.63, 3.8) is 0 Å². The first-order valence-corrected chi connectivity index (χ1v) is 10.0. The maximum Gasteiger partial charge on any atom is 0.214 e. The summed E-state index contributed by atoms with van der Waals surface area (Å²) in [6, 6.07) is 19.7. The number of nitrogens with zero attached hydrogens (tertiary/aromatic N) is 1. The highest BCUT2D eigenvalue weighted by molar-refractivity contribution is 7.99. The first-order chi connectivity index (χ1) is 11.1. The quantitative estimate of drug-likeness (QED) is 0.568. The van der Waals surface area contributed by atoms with Gasteiger partial charge in [0, 0.05) is 11.7 Å². The molecule has 0 aliphatic heterocycles. The molecule has 1 unspecified atom stereocenters. The van der Waals surface area contributed by atoms with Gasteiger partial charge in [-0.3, -0.25) is 4.99 Å². The van der Waals surface area contributed by atoms with Gasteiger partial charge in [-0.05, 0) is 17.4 Å². The Morgan fingerprint density at radius 3 is 1.87 bits per heavy atom. The largest absolute Gasteiger partial charge is 0.346 e. The van der Waals surface area contributed by atoms with E-state index < -0.39 is 8.38 Å². The van der Waals surface area contributed by atoms with Crippen LogP contribution in [0.5, 0.6) is 0 Å². The van der Waals surface area contributed by atoms with E-state index in [4.69, 9.17) is 4.99 Å². The minimum absolute atomic E-state index is 0.217. The van der Waals surface area contributed by atoms with Crippen molar-refractivity contribution in [3.8, 4) is 0 Å². The van der Waals surface area contributed by atoms with Gasteiger partial charge >= 0.3 is 0 Å². The Kier molecular flexibility index (Phi) is 7.25. The Morgan fingerprint density at radius 2 is 1.48 bits per heavy atom. The summed E-state index contributed by atoms with van der Waals surface area (Å²) in [5.74, 6) is 0. The van der Waals surface area contributed by atoms with E-state index in [1.54, 1.807) is 11.8 Å². The van der Waals surface area contributed by atoms with E-state index in [1.807, 2.05) is 66.9 Å². The third-order valence-corrected chi connectivity index (χ3v) is 5.34. The molecule has 2 rings (SSSR count). The predicted molar refractivity (Wildman–Crippen MR) is 101 cm³/mol. The first-order valence-electron chi connectivity index (χ1n) is 7.49. The zero-order valence-electron chi connectivity index (χ0n) is 13.3. The summed E-state index contributed by atoms with van der Waals surface area (Å²) in [5, 5.41) is 0.297. The van der Waals surface area contributed by atoms with Crippen molar-refractivity contribution in [2.45, 2.75) is 24.6 Å². The summed E-state index contributed by atoms with van der Waals surface area (Å²) in [6.45, 7) is 2.07. The van der Waals surface area contributed by atoms with Crippen LogP contribution in [0.25, 0.3) is 0 Å². The van der Waals surface area contributed by atoms with Gasteiger partial charge in [-0.2, -0.15) is 11.8 Å². The minimum atomic E-state index is -2.18. The molecule has 2 aromatic carbocycles. The van der Waals surface area contributed by atoms with Crippen molar-refractivity contribution >= 4 is 25.6 Å². The maximum absolute atomic E-state index is 9.78. The van der Waals surface area contributed by atoms with Crippen LogP contribution in [0.2, 0.25) is 0 Å². The zero-order valence-corrected chi connectivity index (χ0v) is 15.0. The number of hydrogen-bond donors (Lipinski definition) is 2. The topological polar surface area (TPSA) is 52.8 Å². The Labute approximate surface area is 143 Å². The summed E-state index contributed by atoms with van der Waals surface area (Å²) in [6.07, 6.45) is 2.60. The number of benzene rings is 2. The van der Waals surface area contributed by atoms with Crippen LogP contribution in [-0.2, 0) is 0 Å². The van der Waals surface area contributed by atoms with Gasteiger partial charge in [0.05, 0.1) is 5.45 Å². The summed E-state index contributed by atoms with van der Waals surface area (Å²) < 4.78 is 0. The van der Waals surface area contributed by atoms with Crippen LogP contribution in [0.4, 0.5) is 0 Å². The molecule has 0 spiro atoms. The Balaban J connectivity index is 2.42. The van der Waals surface area contributed by atoms with Gasteiger partial charge in [-0.15, -0.1) is 0 Å². The molecule has 0 bridgehead atoms. The van der Waals surface area contributed by atoms with Crippen LogP contribution in [0.1, 0.15) is 30.5 Å². The fraction of sp³-hybridized carbons (Fsp3) is 0.278. The van der Waals surface area contributed by atoms with Gasteiger partial charge in [0.25, 0.3) is 0 Å². The lowest BCUT2D eigenvalue weighted by molar-refractivity contribution is 0.498. The van der Waals surface area contributed by atoms with Crippen molar-refractivity contribution in [1.29, 1.82) is 0 Å². The van der Waals surface area contributed by atoms with E-state index >= 15 is 0 Å². The van der Waals surface area contributed by atoms with Gasteiger partial charge in [0.15, 0.2) is 0 Å². The third kappa shape index (κ3) is 5.43. The molecular formula is C18H22NO2PS. The Bertz CT molecular complexity index is 580. The summed E-state index contributed by atoms with van der Waals surface area (Å²) in [4.78, 5) is 24.3. The molecule has 0 fully saturated rings. The Morgan fingerprint density at radius 1 is 1.00 bits per heavy atom. The van der Waals surface area contributed by atoms with E-state index in [-0.39, 0.29) is 6.04 Å². The molecule has 2 aromatic rings. The molecule has 0 saturated carbocycles. The van der Waals surface area contributed by atoms with Crippen LogP contribution < -0.4 is 0 Å².